The summed E-state index contributed by atoms with van der Waals surface area (Å²) >= 11 is 1.37. The number of likely N-dealkylation sites (N-methyl/N-ethyl adjacent to an activating group) is 1. The number of aryl methyl sites for hydroxylation is 2. The SMILES string of the molecule is CCc1ccc(-c2nc(C)c(C(=O)N(C)CC(=O)NC(C)(C)C)s2)cc1. The lowest BCUT2D eigenvalue weighted by atomic mass is 10.1. The molecule has 1 heterocycles. The smallest absolute Gasteiger partial charge is 0.266 e. The van der Waals surface area contributed by atoms with E-state index in [1.54, 1.807) is 7.05 Å². The quantitative estimate of drug-likeness (QED) is 0.870. The van der Waals surface area contributed by atoms with Crippen LogP contribution in [0, 0.1) is 6.92 Å². The summed E-state index contributed by atoms with van der Waals surface area (Å²) in [5.74, 6) is -0.355. The molecular weight excluding hydrogens is 346 g/mol. The molecule has 6 heteroatoms. The molecule has 0 unspecified atom stereocenters. The van der Waals surface area contributed by atoms with Crippen LogP contribution in [0.4, 0.5) is 0 Å². The van der Waals surface area contributed by atoms with Crippen LogP contribution < -0.4 is 5.32 Å². The van der Waals surface area contributed by atoms with E-state index in [4.69, 9.17) is 0 Å². The predicted octanol–water partition coefficient (Wildman–Crippen LogP) is 3.67. The van der Waals surface area contributed by atoms with E-state index in [1.807, 2.05) is 39.8 Å². The van der Waals surface area contributed by atoms with Crippen molar-refractivity contribution in [3.05, 3.63) is 40.4 Å². The maximum absolute atomic E-state index is 12.7. The minimum absolute atomic E-state index is 0.0218. The highest BCUT2D eigenvalue weighted by atomic mass is 32.1. The second kappa shape index (κ2) is 7.99. The van der Waals surface area contributed by atoms with Crippen molar-refractivity contribution >= 4 is 23.2 Å². The summed E-state index contributed by atoms with van der Waals surface area (Å²) in [7, 11) is 1.64. The van der Waals surface area contributed by atoms with E-state index in [9.17, 15) is 9.59 Å². The zero-order valence-corrected chi connectivity index (χ0v) is 17.2. The molecule has 0 atom stereocenters. The number of thiazole rings is 1. The van der Waals surface area contributed by atoms with Gasteiger partial charge in [0.05, 0.1) is 12.2 Å². The fourth-order valence-electron chi connectivity index (χ4n) is 2.52. The molecule has 0 aliphatic carbocycles. The topological polar surface area (TPSA) is 62.3 Å². The number of nitrogens with one attached hydrogen (secondary N) is 1. The molecule has 0 bridgehead atoms. The Morgan fingerprint density at radius 1 is 1.19 bits per heavy atom. The summed E-state index contributed by atoms with van der Waals surface area (Å²) in [6, 6.07) is 8.23. The molecular formula is C20H27N3O2S. The maximum atomic E-state index is 12.7. The number of carbonyl (C=O) groups is 2. The summed E-state index contributed by atoms with van der Waals surface area (Å²) in [5.41, 5.74) is 2.64. The highest BCUT2D eigenvalue weighted by Gasteiger charge is 2.22. The summed E-state index contributed by atoms with van der Waals surface area (Å²) in [4.78, 5) is 31.3. The first-order chi connectivity index (χ1) is 12.1. The Hall–Kier alpha value is -2.21. The normalized spacial score (nSPS) is 11.3. The third-order valence-corrected chi connectivity index (χ3v) is 5.04. The lowest BCUT2D eigenvalue weighted by Crippen LogP contribution is -2.46. The van der Waals surface area contributed by atoms with Crippen molar-refractivity contribution in [2.75, 3.05) is 13.6 Å². The largest absolute Gasteiger partial charge is 0.350 e. The Labute approximate surface area is 159 Å². The van der Waals surface area contributed by atoms with E-state index in [0.29, 0.717) is 10.6 Å². The Morgan fingerprint density at radius 3 is 2.35 bits per heavy atom. The van der Waals surface area contributed by atoms with Crippen LogP contribution in [0.1, 0.15) is 48.6 Å². The number of aromatic nitrogens is 1. The van der Waals surface area contributed by atoms with Crippen LogP contribution in [0.3, 0.4) is 0 Å². The molecule has 26 heavy (non-hydrogen) atoms. The van der Waals surface area contributed by atoms with Crippen molar-refractivity contribution in [1.29, 1.82) is 0 Å². The van der Waals surface area contributed by atoms with Gasteiger partial charge in [0.25, 0.3) is 5.91 Å². The van der Waals surface area contributed by atoms with Crippen molar-refractivity contribution in [3.8, 4) is 10.6 Å². The van der Waals surface area contributed by atoms with Crippen molar-refractivity contribution in [1.82, 2.24) is 15.2 Å². The number of nitrogens with zero attached hydrogens (tertiary/aromatic N) is 2. The van der Waals surface area contributed by atoms with Crippen LogP contribution in [-0.4, -0.2) is 40.8 Å². The molecule has 0 saturated heterocycles. The van der Waals surface area contributed by atoms with E-state index in [2.05, 4.69) is 29.4 Å². The van der Waals surface area contributed by atoms with Gasteiger partial charge in [-0.15, -0.1) is 11.3 Å². The van der Waals surface area contributed by atoms with Gasteiger partial charge in [0.15, 0.2) is 0 Å². The van der Waals surface area contributed by atoms with Gasteiger partial charge in [-0.1, -0.05) is 31.2 Å². The third-order valence-electron chi connectivity index (χ3n) is 3.84. The summed E-state index contributed by atoms with van der Waals surface area (Å²) in [6.07, 6.45) is 0.988. The van der Waals surface area contributed by atoms with E-state index in [-0.39, 0.29) is 23.9 Å². The number of amides is 2. The second-order valence-corrected chi connectivity index (χ2v) is 8.44. The van der Waals surface area contributed by atoms with Crippen LogP contribution in [0.5, 0.6) is 0 Å². The monoisotopic (exact) mass is 373 g/mol. The van der Waals surface area contributed by atoms with Crippen LogP contribution in [0.15, 0.2) is 24.3 Å². The number of hydrogen-bond acceptors (Lipinski definition) is 4. The molecule has 2 amide bonds. The lowest BCUT2D eigenvalue weighted by Gasteiger charge is -2.23. The van der Waals surface area contributed by atoms with Gasteiger partial charge >= 0.3 is 0 Å². The first-order valence-corrected chi connectivity index (χ1v) is 9.55. The van der Waals surface area contributed by atoms with Crippen molar-refractivity contribution < 1.29 is 9.59 Å². The highest BCUT2D eigenvalue weighted by molar-refractivity contribution is 7.17. The zero-order chi connectivity index (χ0) is 19.5. The number of benzene rings is 1. The number of hydrogen-bond donors (Lipinski definition) is 1. The highest BCUT2D eigenvalue weighted by Crippen LogP contribution is 2.29. The van der Waals surface area contributed by atoms with Crippen LogP contribution in [0.2, 0.25) is 0 Å². The number of carbonyl (C=O) groups excluding carboxylic acids is 2. The molecule has 1 N–H and O–H groups in total. The average molecular weight is 374 g/mol. The van der Waals surface area contributed by atoms with Gasteiger partial charge < -0.3 is 10.2 Å². The molecule has 0 aliphatic rings. The van der Waals surface area contributed by atoms with E-state index in [1.165, 1.54) is 21.8 Å². The average Bonchev–Trinajstić information content (AvgIpc) is 2.94. The zero-order valence-electron chi connectivity index (χ0n) is 16.3. The Balaban J connectivity index is 2.14. The van der Waals surface area contributed by atoms with Crippen LogP contribution >= 0.6 is 11.3 Å². The van der Waals surface area contributed by atoms with Gasteiger partial charge in [0.2, 0.25) is 5.91 Å². The molecule has 0 radical (unpaired) electrons. The number of rotatable bonds is 5. The molecule has 0 aliphatic heterocycles. The third kappa shape index (κ3) is 5.14. The van der Waals surface area contributed by atoms with Crippen molar-refractivity contribution in [2.24, 2.45) is 0 Å². The molecule has 5 nitrogen and oxygen atoms in total. The van der Waals surface area contributed by atoms with Gasteiger partial charge in [0, 0.05) is 18.2 Å². The van der Waals surface area contributed by atoms with Gasteiger partial charge in [-0.25, -0.2) is 4.98 Å². The Morgan fingerprint density at radius 2 is 1.81 bits per heavy atom. The lowest BCUT2D eigenvalue weighted by molar-refractivity contribution is -0.122. The molecule has 140 valence electrons. The summed E-state index contributed by atoms with van der Waals surface area (Å²) in [5, 5.41) is 3.69. The standard InChI is InChI=1S/C20H27N3O2S/c1-7-14-8-10-15(11-9-14)18-21-13(2)17(26-18)19(25)23(6)12-16(24)22-20(3,4)5/h8-11H,7,12H2,1-6H3,(H,22,24). The Bertz CT molecular complexity index is 788. The van der Waals surface area contributed by atoms with Crippen molar-refractivity contribution in [2.45, 2.75) is 46.6 Å². The first kappa shape index (κ1) is 20.1. The van der Waals surface area contributed by atoms with Gasteiger partial charge in [-0.3, -0.25) is 9.59 Å². The fourth-order valence-corrected chi connectivity index (χ4v) is 3.59. The van der Waals surface area contributed by atoms with Gasteiger partial charge in [0.1, 0.15) is 9.88 Å². The molecule has 2 rings (SSSR count). The van der Waals surface area contributed by atoms with Crippen LogP contribution in [0.25, 0.3) is 10.6 Å². The minimum atomic E-state index is -0.320. The van der Waals surface area contributed by atoms with E-state index < -0.39 is 0 Å². The summed E-state index contributed by atoms with van der Waals surface area (Å²) < 4.78 is 0. The Kier molecular flexibility index (Phi) is 6.18. The van der Waals surface area contributed by atoms with Crippen molar-refractivity contribution in [3.63, 3.8) is 0 Å². The minimum Gasteiger partial charge on any atom is -0.350 e. The molecule has 1 aromatic carbocycles. The maximum Gasteiger partial charge on any atom is 0.266 e. The van der Waals surface area contributed by atoms with Gasteiger partial charge in [-0.05, 0) is 39.7 Å². The van der Waals surface area contributed by atoms with Crippen LogP contribution in [-0.2, 0) is 11.2 Å². The van der Waals surface area contributed by atoms with Gasteiger partial charge in [-0.2, -0.15) is 0 Å². The van der Waals surface area contributed by atoms with E-state index >= 15 is 0 Å². The fraction of sp³-hybridized carbons (Fsp3) is 0.450. The molecule has 0 saturated carbocycles. The second-order valence-electron chi connectivity index (χ2n) is 7.44. The summed E-state index contributed by atoms with van der Waals surface area (Å²) in [6.45, 7) is 9.71. The molecule has 2 aromatic rings. The molecule has 0 fully saturated rings. The van der Waals surface area contributed by atoms with E-state index in [0.717, 1.165) is 17.0 Å². The molecule has 0 spiro atoms. The predicted molar refractivity (Wildman–Crippen MR) is 107 cm³/mol. The molecule has 1 aromatic heterocycles. The first-order valence-electron chi connectivity index (χ1n) is 8.74.